The number of carbonyl (C=O) groups is 1. The molecule has 0 aliphatic carbocycles. The van der Waals surface area contributed by atoms with E-state index < -0.39 is 12.0 Å². The molecule has 3 N–H and O–H groups in total. The van der Waals surface area contributed by atoms with Crippen LogP contribution < -0.4 is 19.9 Å². The number of nitrogens with two attached hydrogens (primary N) is 1. The second kappa shape index (κ2) is 6.29. The third-order valence-corrected chi connectivity index (χ3v) is 2.49. The van der Waals surface area contributed by atoms with Gasteiger partial charge in [-0.05, 0) is 26.0 Å². The standard InChI is InChI=1S/C13H19NO5/c1-7(2)19-11-8(10(14)13(15)16)5-6-9(17-3)12(11)18-4/h5-7,10H,14H2,1-4H3,(H,15,16). The van der Waals surface area contributed by atoms with Crippen LogP contribution in [0.4, 0.5) is 0 Å². The smallest absolute Gasteiger partial charge is 0.325 e. The molecule has 0 saturated heterocycles. The van der Waals surface area contributed by atoms with Gasteiger partial charge in [0.25, 0.3) is 0 Å². The Labute approximate surface area is 112 Å². The van der Waals surface area contributed by atoms with Gasteiger partial charge in [-0.15, -0.1) is 0 Å². The van der Waals surface area contributed by atoms with Crippen LogP contribution in [0.2, 0.25) is 0 Å². The van der Waals surface area contributed by atoms with Gasteiger partial charge in [-0.3, -0.25) is 4.79 Å². The third kappa shape index (κ3) is 3.29. The SMILES string of the molecule is COc1ccc(C(N)C(=O)O)c(OC(C)C)c1OC. The van der Waals surface area contributed by atoms with E-state index in [2.05, 4.69) is 0 Å². The number of benzene rings is 1. The van der Waals surface area contributed by atoms with Gasteiger partial charge in [-0.2, -0.15) is 0 Å². The molecule has 0 radical (unpaired) electrons. The summed E-state index contributed by atoms with van der Waals surface area (Å²) in [6, 6.07) is 1.98. The monoisotopic (exact) mass is 269 g/mol. The minimum Gasteiger partial charge on any atom is -0.493 e. The molecule has 1 aromatic rings. The van der Waals surface area contributed by atoms with Crippen molar-refractivity contribution in [3.05, 3.63) is 17.7 Å². The van der Waals surface area contributed by atoms with E-state index in [-0.39, 0.29) is 6.10 Å². The van der Waals surface area contributed by atoms with Gasteiger partial charge in [0.2, 0.25) is 5.75 Å². The molecule has 1 aromatic carbocycles. The summed E-state index contributed by atoms with van der Waals surface area (Å²) < 4.78 is 16.0. The van der Waals surface area contributed by atoms with Crippen molar-refractivity contribution in [1.29, 1.82) is 0 Å². The lowest BCUT2D eigenvalue weighted by molar-refractivity contribution is -0.138. The predicted octanol–water partition coefficient (Wildman–Crippen LogP) is 1.58. The Balaban J connectivity index is 3.41. The maximum Gasteiger partial charge on any atom is 0.325 e. The molecule has 0 saturated carbocycles. The molecule has 0 amide bonds. The van der Waals surface area contributed by atoms with E-state index in [9.17, 15) is 4.79 Å². The fourth-order valence-corrected chi connectivity index (χ4v) is 1.65. The molecule has 6 heteroatoms. The summed E-state index contributed by atoms with van der Waals surface area (Å²) in [5, 5.41) is 9.03. The maximum absolute atomic E-state index is 11.0. The first kappa shape index (κ1) is 15.1. The maximum atomic E-state index is 11.0. The summed E-state index contributed by atoms with van der Waals surface area (Å²) in [6.45, 7) is 3.66. The summed E-state index contributed by atoms with van der Waals surface area (Å²) in [5.74, 6) is -0.0440. The number of ether oxygens (including phenoxy) is 3. The largest absolute Gasteiger partial charge is 0.493 e. The van der Waals surface area contributed by atoms with Crippen molar-refractivity contribution in [3.63, 3.8) is 0 Å². The Morgan fingerprint density at radius 3 is 2.26 bits per heavy atom. The molecule has 106 valence electrons. The third-order valence-electron chi connectivity index (χ3n) is 2.49. The number of aliphatic carboxylic acids is 1. The lowest BCUT2D eigenvalue weighted by Crippen LogP contribution is -2.22. The Bertz CT molecular complexity index is 459. The fourth-order valence-electron chi connectivity index (χ4n) is 1.65. The second-order valence-electron chi connectivity index (χ2n) is 4.20. The van der Waals surface area contributed by atoms with Gasteiger partial charge >= 0.3 is 5.97 Å². The molecule has 0 aromatic heterocycles. The fraction of sp³-hybridized carbons (Fsp3) is 0.462. The Kier molecular flexibility index (Phi) is 5.00. The Morgan fingerprint density at radius 1 is 1.21 bits per heavy atom. The van der Waals surface area contributed by atoms with Gasteiger partial charge in [0.1, 0.15) is 6.04 Å². The Hall–Kier alpha value is -1.95. The summed E-state index contributed by atoms with van der Waals surface area (Å²) in [4.78, 5) is 11.0. The number of hydrogen-bond donors (Lipinski definition) is 2. The van der Waals surface area contributed by atoms with Crippen LogP contribution in [-0.2, 0) is 4.79 Å². The van der Waals surface area contributed by atoms with Crippen LogP contribution in [0.5, 0.6) is 17.2 Å². The molecule has 0 fully saturated rings. The minimum atomic E-state index is -1.19. The molecule has 6 nitrogen and oxygen atoms in total. The first-order chi connectivity index (χ1) is 8.92. The van der Waals surface area contributed by atoms with Crippen LogP contribution in [-0.4, -0.2) is 31.4 Å². The van der Waals surface area contributed by atoms with Crippen molar-refractivity contribution in [3.8, 4) is 17.2 Å². The van der Waals surface area contributed by atoms with E-state index in [1.807, 2.05) is 13.8 Å². The first-order valence-corrected chi connectivity index (χ1v) is 5.82. The highest BCUT2D eigenvalue weighted by Gasteiger charge is 2.25. The van der Waals surface area contributed by atoms with Gasteiger partial charge in [-0.1, -0.05) is 0 Å². The highest BCUT2D eigenvalue weighted by molar-refractivity contribution is 5.77. The average molecular weight is 269 g/mol. The number of hydrogen-bond acceptors (Lipinski definition) is 5. The number of methoxy groups -OCH3 is 2. The number of carboxylic acids is 1. The van der Waals surface area contributed by atoms with Crippen LogP contribution in [0.3, 0.4) is 0 Å². The number of rotatable bonds is 6. The van der Waals surface area contributed by atoms with Crippen molar-refractivity contribution in [2.45, 2.75) is 26.0 Å². The topological polar surface area (TPSA) is 91.0 Å². The Morgan fingerprint density at radius 2 is 1.84 bits per heavy atom. The van der Waals surface area contributed by atoms with E-state index >= 15 is 0 Å². The van der Waals surface area contributed by atoms with Crippen molar-refractivity contribution in [1.82, 2.24) is 0 Å². The second-order valence-corrected chi connectivity index (χ2v) is 4.20. The molecule has 0 bridgehead atoms. The van der Waals surface area contributed by atoms with Crippen LogP contribution in [0.15, 0.2) is 12.1 Å². The van der Waals surface area contributed by atoms with Crippen LogP contribution in [0, 0.1) is 0 Å². The number of carboxylic acid groups (broad SMARTS) is 1. The molecule has 0 aliphatic heterocycles. The van der Waals surface area contributed by atoms with Crippen molar-refractivity contribution in [2.75, 3.05) is 14.2 Å². The van der Waals surface area contributed by atoms with Crippen LogP contribution >= 0.6 is 0 Å². The molecule has 19 heavy (non-hydrogen) atoms. The highest BCUT2D eigenvalue weighted by atomic mass is 16.5. The first-order valence-electron chi connectivity index (χ1n) is 5.82. The van der Waals surface area contributed by atoms with E-state index in [0.717, 1.165) is 0 Å². The molecule has 0 heterocycles. The lowest BCUT2D eigenvalue weighted by Gasteiger charge is -2.20. The quantitative estimate of drug-likeness (QED) is 0.814. The van der Waals surface area contributed by atoms with Crippen LogP contribution in [0.1, 0.15) is 25.5 Å². The van der Waals surface area contributed by atoms with Crippen molar-refractivity contribution in [2.24, 2.45) is 5.73 Å². The van der Waals surface area contributed by atoms with Gasteiger partial charge in [0, 0.05) is 5.56 Å². The lowest BCUT2D eigenvalue weighted by atomic mass is 10.1. The van der Waals surface area contributed by atoms with Crippen molar-refractivity contribution >= 4 is 5.97 Å². The normalized spacial score (nSPS) is 12.1. The van der Waals surface area contributed by atoms with E-state index in [4.69, 9.17) is 25.1 Å². The molecule has 1 rings (SSSR count). The van der Waals surface area contributed by atoms with Gasteiger partial charge in [0.05, 0.1) is 20.3 Å². The zero-order chi connectivity index (χ0) is 14.6. The van der Waals surface area contributed by atoms with E-state index in [1.54, 1.807) is 12.1 Å². The minimum absolute atomic E-state index is 0.152. The van der Waals surface area contributed by atoms with E-state index in [1.165, 1.54) is 14.2 Å². The average Bonchev–Trinajstić information content (AvgIpc) is 2.36. The molecular weight excluding hydrogens is 250 g/mol. The molecule has 0 aliphatic rings. The van der Waals surface area contributed by atoms with Gasteiger partial charge in [-0.25, -0.2) is 0 Å². The molecule has 1 unspecified atom stereocenters. The van der Waals surface area contributed by atoms with E-state index in [0.29, 0.717) is 22.8 Å². The summed E-state index contributed by atoms with van der Waals surface area (Å²) in [6.07, 6.45) is -0.152. The van der Waals surface area contributed by atoms with Gasteiger partial charge < -0.3 is 25.1 Å². The molecule has 1 atom stereocenters. The zero-order valence-corrected chi connectivity index (χ0v) is 11.5. The highest BCUT2D eigenvalue weighted by Crippen LogP contribution is 2.42. The molecular formula is C13H19NO5. The summed E-state index contributed by atoms with van der Waals surface area (Å²) in [5.41, 5.74) is 6.00. The predicted molar refractivity (Wildman–Crippen MR) is 69.9 cm³/mol. The van der Waals surface area contributed by atoms with Crippen molar-refractivity contribution < 1.29 is 24.1 Å². The summed E-state index contributed by atoms with van der Waals surface area (Å²) >= 11 is 0. The van der Waals surface area contributed by atoms with Crippen LogP contribution in [0.25, 0.3) is 0 Å². The summed E-state index contributed by atoms with van der Waals surface area (Å²) in [7, 11) is 2.95. The molecule has 0 spiro atoms. The van der Waals surface area contributed by atoms with Gasteiger partial charge in [0.15, 0.2) is 11.5 Å². The zero-order valence-electron chi connectivity index (χ0n) is 11.5.